The molecule has 0 amide bonds. The standard InChI is InChI=1S/C11H20O4/c1-10(2,3)8(12)15-9(13)11(4,5)7-14-6/h7H2,1-6H3. The summed E-state index contributed by atoms with van der Waals surface area (Å²) in [6.45, 7) is 8.68. The van der Waals surface area contributed by atoms with E-state index in [0.717, 1.165) is 0 Å². The summed E-state index contributed by atoms with van der Waals surface area (Å²) in [4.78, 5) is 23.0. The lowest BCUT2D eigenvalue weighted by atomic mass is 9.94. The van der Waals surface area contributed by atoms with Gasteiger partial charge in [-0.3, -0.25) is 9.59 Å². The molecule has 0 bridgehead atoms. The fourth-order valence-electron chi connectivity index (χ4n) is 0.795. The molecule has 4 heteroatoms. The zero-order valence-corrected chi connectivity index (χ0v) is 10.3. The van der Waals surface area contributed by atoms with Crippen molar-refractivity contribution in [2.24, 2.45) is 10.8 Å². The van der Waals surface area contributed by atoms with Crippen molar-refractivity contribution < 1.29 is 19.1 Å². The Kier molecular flexibility index (Phi) is 4.46. The van der Waals surface area contributed by atoms with Crippen LogP contribution in [0.2, 0.25) is 0 Å². The van der Waals surface area contributed by atoms with Crippen LogP contribution in [0.15, 0.2) is 0 Å². The van der Waals surface area contributed by atoms with E-state index in [4.69, 9.17) is 9.47 Å². The van der Waals surface area contributed by atoms with E-state index in [1.54, 1.807) is 34.6 Å². The normalized spacial score (nSPS) is 12.4. The maximum atomic E-state index is 11.6. The van der Waals surface area contributed by atoms with Gasteiger partial charge in [-0.2, -0.15) is 0 Å². The molecule has 0 aliphatic heterocycles. The van der Waals surface area contributed by atoms with E-state index in [2.05, 4.69) is 0 Å². The van der Waals surface area contributed by atoms with Gasteiger partial charge in [-0.1, -0.05) is 0 Å². The zero-order chi connectivity index (χ0) is 12.3. The van der Waals surface area contributed by atoms with Crippen LogP contribution in [0.4, 0.5) is 0 Å². The van der Waals surface area contributed by atoms with Crippen molar-refractivity contribution in [3.63, 3.8) is 0 Å². The molecule has 15 heavy (non-hydrogen) atoms. The second-order valence-corrected chi connectivity index (χ2v) is 5.24. The third kappa shape index (κ3) is 4.42. The largest absolute Gasteiger partial charge is 0.392 e. The highest BCUT2D eigenvalue weighted by Gasteiger charge is 2.34. The van der Waals surface area contributed by atoms with Crippen molar-refractivity contribution in [3.05, 3.63) is 0 Å². The molecular formula is C11H20O4. The van der Waals surface area contributed by atoms with Crippen molar-refractivity contribution in [3.8, 4) is 0 Å². The highest BCUT2D eigenvalue weighted by molar-refractivity contribution is 5.90. The average Bonchev–Trinajstić information content (AvgIpc) is 2.01. The van der Waals surface area contributed by atoms with Crippen LogP contribution < -0.4 is 0 Å². The number of methoxy groups -OCH3 is 1. The Labute approximate surface area is 90.9 Å². The number of ether oxygens (including phenoxy) is 2. The smallest absolute Gasteiger partial charge is 0.321 e. The first-order chi connectivity index (χ1) is 6.61. The first-order valence-electron chi connectivity index (χ1n) is 4.87. The molecule has 0 saturated carbocycles. The van der Waals surface area contributed by atoms with Gasteiger partial charge in [-0.15, -0.1) is 0 Å². The van der Waals surface area contributed by atoms with Gasteiger partial charge in [0.25, 0.3) is 0 Å². The van der Waals surface area contributed by atoms with Gasteiger partial charge in [-0.05, 0) is 34.6 Å². The Morgan fingerprint density at radius 3 is 1.80 bits per heavy atom. The summed E-state index contributed by atoms with van der Waals surface area (Å²) in [5.41, 5.74) is -1.46. The molecule has 0 N–H and O–H groups in total. The molecule has 0 radical (unpaired) electrons. The summed E-state index contributed by atoms with van der Waals surface area (Å²) in [5, 5.41) is 0. The van der Waals surface area contributed by atoms with Crippen molar-refractivity contribution in [2.75, 3.05) is 13.7 Å². The second kappa shape index (κ2) is 4.75. The van der Waals surface area contributed by atoms with Gasteiger partial charge in [0, 0.05) is 7.11 Å². The third-order valence-electron chi connectivity index (χ3n) is 1.86. The van der Waals surface area contributed by atoms with E-state index in [-0.39, 0.29) is 6.61 Å². The first kappa shape index (κ1) is 14.1. The second-order valence-electron chi connectivity index (χ2n) is 5.24. The number of hydrogen-bond acceptors (Lipinski definition) is 4. The van der Waals surface area contributed by atoms with Crippen LogP contribution in [0.1, 0.15) is 34.6 Å². The number of carbonyl (C=O) groups is 2. The first-order valence-corrected chi connectivity index (χ1v) is 4.87. The van der Waals surface area contributed by atoms with Crippen molar-refractivity contribution in [1.82, 2.24) is 0 Å². The summed E-state index contributed by atoms with van der Waals surface area (Å²) < 4.78 is 9.66. The van der Waals surface area contributed by atoms with Gasteiger partial charge in [-0.25, -0.2) is 0 Å². The summed E-state index contributed by atoms with van der Waals surface area (Å²) >= 11 is 0. The molecule has 0 saturated heterocycles. The van der Waals surface area contributed by atoms with Crippen LogP contribution in [0.3, 0.4) is 0 Å². The molecule has 0 aromatic carbocycles. The minimum absolute atomic E-state index is 0.225. The average molecular weight is 216 g/mol. The lowest BCUT2D eigenvalue weighted by Crippen LogP contribution is -2.36. The van der Waals surface area contributed by atoms with Gasteiger partial charge in [0.15, 0.2) is 0 Å². The zero-order valence-electron chi connectivity index (χ0n) is 10.3. The van der Waals surface area contributed by atoms with Gasteiger partial charge in [0.2, 0.25) is 0 Å². The molecule has 0 heterocycles. The molecule has 4 nitrogen and oxygen atoms in total. The topological polar surface area (TPSA) is 52.6 Å². The van der Waals surface area contributed by atoms with Gasteiger partial charge >= 0.3 is 11.9 Å². The van der Waals surface area contributed by atoms with E-state index < -0.39 is 22.8 Å². The maximum absolute atomic E-state index is 11.6. The Hall–Kier alpha value is -0.900. The van der Waals surface area contributed by atoms with Crippen LogP contribution in [0, 0.1) is 10.8 Å². The predicted octanol–water partition coefficient (Wildman–Crippen LogP) is 1.77. The molecular weight excluding hydrogens is 196 g/mol. The number of esters is 2. The van der Waals surface area contributed by atoms with Crippen LogP contribution in [0.5, 0.6) is 0 Å². The van der Waals surface area contributed by atoms with Crippen LogP contribution in [-0.4, -0.2) is 25.7 Å². The molecule has 0 aromatic heterocycles. The minimum atomic E-state index is -0.796. The van der Waals surface area contributed by atoms with Crippen LogP contribution in [0.25, 0.3) is 0 Å². The van der Waals surface area contributed by atoms with Gasteiger partial charge in [0.1, 0.15) is 0 Å². The summed E-state index contributed by atoms with van der Waals surface area (Å²) in [6, 6.07) is 0. The fraction of sp³-hybridized carbons (Fsp3) is 0.818. The maximum Gasteiger partial charge on any atom is 0.321 e. The molecule has 0 aromatic rings. The van der Waals surface area contributed by atoms with Gasteiger partial charge in [0.05, 0.1) is 17.4 Å². The van der Waals surface area contributed by atoms with Crippen molar-refractivity contribution in [2.45, 2.75) is 34.6 Å². The third-order valence-corrected chi connectivity index (χ3v) is 1.86. The SMILES string of the molecule is COCC(C)(C)C(=O)OC(=O)C(C)(C)C. The Balaban J connectivity index is 4.44. The Bertz CT molecular complexity index is 248. The van der Waals surface area contributed by atoms with Crippen molar-refractivity contribution >= 4 is 11.9 Å². The number of carbonyl (C=O) groups excluding carboxylic acids is 2. The fourth-order valence-corrected chi connectivity index (χ4v) is 0.795. The quantitative estimate of drug-likeness (QED) is 0.533. The molecule has 0 unspecified atom stereocenters. The lowest BCUT2D eigenvalue weighted by molar-refractivity contribution is -0.173. The van der Waals surface area contributed by atoms with E-state index in [1.807, 2.05) is 0 Å². The Morgan fingerprint density at radius 1 is 1.00 bits per heavy atom. The van der Waals surface area contributed by atoms with E-state index in [1.165, 1.54) is 7.11 Å². The molecule has 0 aliphatic rings. The van der Waals surface area contributed by atoms with Crippen LogP contribution >= 0.6 is 0 Å². The number of rotatable bonds is 3. The molecule has 0 aliphatic carbocycles. The predicted molar refractivity (Wildman–Crippen MR) is 56.2 cm³/mol. The van der Waals surface area contributed by atoms with Crippen molar-refractivity contribution in [1.29, 1.82) is 0 Å². The van der Waals surface area contributed by atoms with E-state index in [9.17, 15) is 9.59 Å². The highest BCUT2D eigenvalue weighted by atomic mass is 16.6. The highest BCUT2D eigenvalue weighted by Crippen LogP contribution is 2.21. The lowest BCUT2D eigenvalue weighted by Gasteiger charge is -2.23. The minimum Gasteiger partial charge on any atom is -0.392 e. The monoisotopic (exact) mass is 216 g/mol. The Morgan fingerprint density at radius 2 is 1.47 bits per heavy atom. The molecule has 0 atom stereocenters. The van der Waals surface area contributed by atoms with Crippen LogP contribution in [-0.2, 0) is 19.1 Å². The molecule has 0 fully saturated rings. The van der Waals surface area contributed by atoms with E-state index in [0.29, 0.717) is 0 Å². The van der Waals surface area contributed by atoms with E-state index >= 15 is 0 Å². The summed E-state index contributed by atoms with van der Waals surface area (Å²) in [7, 11) is 1.50. The molecule has 0 spiro atoms. The number of hydrogen-bond donors (Lipinski definition) is 0. The van der Waals surface area contributed by atoms with Gasteiger partial charge < -0.3 is 9.47 Å². The summed E-state index contributed by atoms with van der Waals surface area (Å²) in [5.74, 6) is -1.07. The molecule has 88 valence electrons. The summed E-state index contributed by atoms with van der Waals surface area (Å²) in [6.07, 6.45) is 0. The molecule has 0 rings (SSSR count).